The van der Waals surface area contributed by atoms with Gasteiger partial charge in [-0.05, 0) is 39.3 Å². The van der Waals surface area contributed by atoms with Gasteiger partial charge in [0, 0.05) is 5.69 Å². The minimum absolute atomic E-state index is 0.130. The molecule has 0 atom stereocenters. The number of hydrogen-bond donors (Lipinski definition) is 3. The second kappa shape index (κ2) is 4.72. The molecular formula is C13H16N4O2. The summed E-state index contributed by atoms with van der Waals surface area (Å²) in [6.45, 7) is 7.11. The average molecular weight is 260 g/mol. The summed E-state index contributed by atoms with van der Waals surface area (Å²) in [5.41, 5.74) is 3.19. The van der Waals surface area contributed by atoms with Crippen LogP contribution in [0.5, 0.6) is 0 Å². The number of anilines is 1. The van der Waals surface area contributed by atoms with Crippen molar-refractivity contribution in [2.45, 2.75) is 27.7 Å². The number of carbonyl (C=O) groups is 1. The van der Waals surface area contributed by atoms with Crippen LogP contribution in [0.4, 0.5) is 5.69 Å². The molecule has 19 heavy (non-hydrogen) atoms. The van der Waals surface area contributed by atoms with Crippen molar-refractivity contribution in [1.29, 1.82) is 0 Å². The number of aromatic nitrogens is 3. The first-order chi connectivity index (χ1) is 8.90. The van der Waals surface area contributed by atoms with Gasteiger partial charge >= 0.3 is 0 Å². The monoisotopic (exact) mass is 260 g/mol. The van der Waals surface area contributed by atoms with E-state index in [0.29, 0.717) is 16.9 Å². The lowest BCUT2D eigenvalue weighted by Gasteiger charge is -2.07. The third-order valence-electron chi connectivity index (χ3n) is 2.96. The fourth-order valence-electron chi connectivity index (χ4n) is 2.05. The Labute approximate surface area is 110 Å². The van der Waals surface area contributed by atoms with Crippen LogP contribution >= 0.6 is 0 Å². The maximum atomic E-state index is 12.2. The van der Waals surface area contributed by atoms with Crippen LogP contribution < -0.4 is 10.9 Å². The highest BCUT2D eigenvalue weighted by atomic mass is 16.2. The average Bonchev–Trinajstić information content (AvgIpc) is 2.59. The van der Waals surface area contributed by atoms with Gasteiger partial charge in [0.1, 0.15) is 5.56 Å². The van der Waals surface area contributed by atoms with E-state index in [1.807, 2.05) is 6.92 Å². The fourth-order valence-corrected chi connectivity index (χ4v) is 2.05. The third-order valence-corrected chi connectivity index (χ3v) is 2.96. The normalized spacial score (nSPS) is 10.5. The molecule has 2 aromatic rings. The molecule has 0 unspecified atom stereocenters. The fraction of sp³-hybridized carbons (Fsp3) is 0.308. The third kappa shape index (κ3) is 2.42. The Kier molecular flexibility index (Phi) is 3.25. The molecule has 100 valence electrons. The molecule has 1 amide bonds. The van der Waals surface area contributed by atoms with Crippen molar-refractivity contribution in [3.63, 3.8) is 0 Å². The Morgan fingerprint density at radius 1 is 1.26 bits per heavy atom. The molecule has 0 saturated heterocycles. The van der Waals surface area contributed by atoms with E-state index in [4.69, 9.17) is 0 Å². The number of amides is 1. The molecule has 0 aliphatic carbocycles. The number of nitrogens with one attached hydrogen (secondary N) is 3. The van der Waals surface area contributed by atoms with Crippen LogP contribution in [0, 0.1) is 27.7 Å². The summed E-state index contributed by atoms with van der Waals surface area (Å²) in [5.74, 6) is -0.425. The van der Waals surface area contributed by atoms with Crippen LogP contribution in [-0.4, -0.2) is 21.1 Å². The van der Waals surface area contributed by atoms with Gasteiger partial charge < -0.3 is 10.3 Å². The lowest BCUT2D eigenvalue weighted by molar-refractivity contribution is 0.102. The van der Waals surface area contributed by atoms with Crippen molar-refractivity contribution in [2.24, 2.45) is 0 Å². The first-order valence-corrected chi connectivity index (χ1v) is 5.93. The van der Waals surface area contributed by atoms with Crippen LogP contribution in [0.25, 0.3) is 0 Å². The molecule has 0 aliphatic rings. The first kappa shape index (κ1) is 13.1. The Balaban J connectivity index is 2.39. The molecule has 0 aliphatic heterocycles. The number of aromatic amines is 2. The summed E-state index contributed by atoms with van der Waals surface area (Å²) in [7, 11) is 0. The number of aryl methyl sites for hydroxylation is 4. The van der Waals surface area contributed by atoms with Gasteiger partial charge in [0.2, 0.25) is 0 Å². The smallest absolute Gasteiger partial charge is 0.261 e. The van der Waals surface area contributed by atoms with E-state index in [2.05, 4.69) is 20.5 Å². The van der Waals surface area contributed by atoms with Crippen LogP contribution in [0.1, 0.15) is 33.0 Å². The summed E-state index contributed by atoms with van der Waals surface area (Å²) in [6, 6.07) is 1.77. The zero-order valence-corrected chi connectivity index (χ0v) is 11.3. The topological polar surface area (TPSA) is 90.6 Å². The van der Waals surface area contributed by atoms with E-state index in [1.165, 1.54) is 0 Å². The van der Waals surface area contributed by atoms with Crippen molar-refractivity contribution < 1.29 is 4.79 Å². The molecule has 2 heterocycles. The molecule has 3 N–H and O–H groups in total. The molecule has 2 aromatic heterocycles. The number of rotatable bonds is 2. The van der Waals surface area contributed by atoms with Gasteiger partial charge in [-0.2, -0.15) is 5.10 Å². The van der Waals surface area contributed by atoms with Crippen molar-refractivity contribution in [3.8, 4) is 0 Å². The van der Waals surface area contributed by atoms with E-state index in [-0.39, 0.29) is 11.1 Å². The molecule has 0 aromatic carbocycles. The van der Waals surface area contributed by atoms with Crippen molar-refractivity contribution >= 4 is 11.6 Å². The highest BCUT2D eigenvalue weighted by Gasteiger charge is 2.17. The minimum Gasteiger partial charge on any atom is -0.326 e. The van der Waals surface area contributed by atoms with Crippen molar-refractivity contribution in [2.75, 3.05) is 5.32 Å². The van der Waals surface area contributed by atoms with Gasteiger partial charge in [0.05, 0.1) is 17.1 Å². The summed E-state index contributed by atoms with van der Waals surface area (Å²) in [4.78, 5) is 26.7. The number of pyridine rings is 1. The first-order valence-electron chi connectivity index (χ1n) is 5.93. The molecule has 6 nitrogen and oxygen atoms in total. The predicted octanol–water partition coefficient (Wildman–Crippen LogP) is 1.58. The maximum Gasteiger partial charge on any atom is 0.261 e. The molecular weight excluding hydrogens is 244 g/mol. The standard InChI is InChI=1S/C13H16N4O2/c1-6-5-7(2)14-12(18)10(6)13(19)15-11-8(3)16-17-9(11)4/h5H,1-4H3,(H,14,18)(H,15,19)(H,16,17). The second-order valence-electron chi connectivity index (χ2n) is 4.60. The molecule has 0 radical (unpaired) electrons. The molecule has 0 spiro atoms. The van der Waals surface area contributed by atoms with E-state index in [0.717, 1.165) is 11.4 Å². The second-order valence-corrected chi connectivity index (χ2v) is 4.60. The number of hydrogen-bond acceptors (Lipinski definition) is 3. The van der Waals surface area contributed by atoms with E-state index >= 15 is 0 Å². The molecule has 0 fully saturated rings. The molecule has 0 bridgehead atoms. The highest BCUT2D eigenvalue weighted by molar-refractivity contribution is 6.05. The number of nitrogens with zero attached hydrogens (tertiary/aromatic N) is 1. The summed E-state index contributed by atoms with van der Waals surface area (Å²) < 4.78 is 0. The van der Waals surface area contributed by atoms with E-state index in [9.17, 15) is 9.59 Å². The van der Waals surface area contributed by atoms with Crippen LogP contribution in [-0.2, 0) is 0 Å². The van der Waals surface area contributed by atoms with E-state index < -0.39 is 5.91 Å². The van der Waals surface area contributed by atoms with Crippen LogP contribution in [0.2, 0.25) is 0 Å². The maximum absolute atomic E-state index is 12.2. The van der Waals surface area contributed by atoms with Gasteiger partial charge in [0.25, 0.3) is 11.5 Å². The zero-order chi connectivity index (χ0) is 14.2. The summed E-state index contributed by atoms with van der Waals surface area (Å²) in [6.07, 6.45) is 0. The van der Waals surface area contributed by atoms with Gasteiger partial charge in [0.15, 0.2) is 0 Å². The van der Waals surface area contributed by atoms with Gasteiger partial charge in [-0.1, -0.05) is 0 Å². The summed E-state index contributed by atoms with van der Waals surface area (Å²) in [5, 5.41) is 9.50. The van der Waals surface area contributed by atoms with Gasteiger partial charge in [-0.3, -0.25) is 14.7 Å². The lowest BCUT2D eigenvalue weighted by atomic mass is 10.1. The van der Waals surface area contributed by atoms with E-state index in [1.54, 1.807) is 26.8 Å². The zero-order valence-electron chi connectivity index (χ0n) is 11.3. The number of carbonyl (C=O) groups excluding carboxylic acids is 1. The van der Waals surface area contributed by atoms with Gasteiger partial charge in [-0.15, -0.1) is 0 Å². The molecule has 6 heteroatoms. The van der Waals surface area contributed by atoms with Crippen molar-refractivity contribution in [3.05, 3.63) is 44.6 Å². The van der Waals surface area contributed by atoms with Crippen molar-refractivity contribution in [1.82, 2.24) is 15.2 Å². The minimum atomic E-state index is -0.425. The van der Waals surface area contributed by atoms with Crippen LogP contribution in [0.15, 0.2) is 10.9 Å². The Morgan fingerprint density at radius 2 is 1.95 bits per heavy atom. The highest BCUT2D eigenvalue weighted by Crippen LogP contribution is 2.17. The Bertz CT molecular complexity index is 678. The lowest BCUT2D eigenvalue weighted by Crippen LogP contribution is -2.25. The molecule has 0 saturated carbocycles. The number of H-pyrrole nitrogens is 2. The summed E-state index contributed by atoms with van der Waals surface area (Å²) >= 11 is 0. The van der Waals surface area contributed by atoms with Gasteiger partial charge in [-0.25, -0.2) is 0 Å². The molecule has 2 rings (SSSR count). The SMILES string of the molecule is Cc1cc(C)c(C(=O)Nc2c(C)n[nH]c2C)c(=O)[nH]1. The Hall–Kier alpha value is -2.37. The van der Waals surface area contributed by atoms with Crippen LogP contribution in [0.3, 0.4) is 0 Å². The largest absolute Gasteiger partial charge is 0.326 e. The predicted molar refractivity (Wildman–Crippen MR) is 72.6 cm³/mol. The Morgan fingerprint density at radius 3 is 2.47 bits per heavy atom. The quantitative estimate of drug-likeness (QED) is 0.765.